The molecule has 0 unspecified atom stereocenters. The number of nitriles is 1. The Kier molecular flexibility index (Phi) is 3.77. The van der Waals surface area contributed by atoms with E-state index in [1.807, 2.05) is 12.2 Å². The molecule has 0 spiro atoms. The number of amides is 1. The predicted octanol–water partition coefficient (Wildman–Crippen LogP) is 3.16. The third-order valence-corrected chi connectivity index (χ3v) is 6.44. The van der Waals surface area contributed by atoms with Gasteiger partial charge < -0.3 is 5.73 Å². The summed E-state index contributed by atoms with van der Waals surface area (Å²) in [4.78, 5) is 19.8. The number of hydrogen-bond acceptors (Lipinski definition) is 5. The lowest BCUT2D eigenvalue weighted by Gasteiger charge is -2.35. The maximum absolute atomic E-state index is 12.4. The molecule has 2 heterocycles. The first-order valence-corrected chi connectivity index (χ1v) is 9.43. The number of nitrogens with two attached hydrogens (primary N) is 1. The molecule has 1 aromatic rings. The maximum Gasteiger partial charge on any atom is 0.231 e. The van der Waals surface area contributed by atoms with E-state index in [-0.39, 0.29) is 5.91 Å². The zero-order valence-corrected chi connectivity index (χ0v) is 15.0. The van der Waals surface area contributed by atoms with Crippen LogP contribution in [-0.2, 0) is 10.3 Å². The van der Waals surface area contributed by atoms with Crippen LogP contribution in [0.1, 0.15) is 42.5 Å². The van der Waals surface area contributed by atoms with Gasteiger partial charge in [-0.05, 0) is 60.3 Å². The molecule has 3 aliphatic rings. The van der Waals surface area contributed by atoms with E-state index in [4.69, 9.17) is 16.0 Å². The summed E-state index contributed by atoms with van der Waals surface area (Å²) in [5, 5.41) is 11.3. The van der Waals surface area contributed by atoms with Gasteiger partial charge in [0.1, 0.15) is 5.54 Å². The summed E-state index contributed by atoms with van der Waals surface area (Å²) in [7, 11) is 1.68. The van der Waals surface area contributed by atoms with Crippen molar-refractivity contribution in [1.82, 2.24) is 4.90 Å². The van der Waals surface area contributed by atoms with Crippen molar-refractivity contribution in [3.8, 4) is 6.07 Å². The van der Waals surface area contributed by atoms with Crippen LogP contribution in [0.4, 0.5) is 0 Å². The highest BCUT2D eigenvalue weighted by atomic mass is 32.1. The third kappa shape index (κ3) is 2.69. The fourth-order valence-electron chi connectivity index (χ4n) is 3.67. The predicted molar refractivity (Wildman–Crippen MR) is 98.6 cm³/mol. The molecule has 1 fully saturated rings. The Morgan fingerprint density at radius 1 is 1.48 bits per heavy atom. The highest BCUT2D eigenvalue weighted by Crippen LogP contribution is 2.53. The molecule has 2 N–H and O–H groups in total. The average Bonchev–Trinajstić information content (AvgIpc) is 3.36. The second-order valence-electron chi connectivity index (χ2n) is 6.98. The molecule has 128 valence electrons. The van der Waals surface area contributed by atoms with Crippen LogP contribution in [-0.4, -0.2) is 23.8 Å². The van der Waals surface area contributed by atoms with Crippen molar-refractivity contribution in [1.29, 1.82) is 5.26 Å². The van der Waals surface area contributed by atoms with Gasteiger partial charge >= 0.3 is 0 Å². The zero-order valence-electron chi connectivity index (χ0n) is 14.2. The van der Waals surface area contributed by atoms with Crippen molar-refractivity contribution in [2.45, 2.75) is 37.6 Å². The summed E-state index contributed by atoms with van der Waals surface area (Å²) in [5.41, 5.74) is 8.59. The Morgan fingerprint density at radius 3 is 2.96 bits per heavy atom. The third-order valence-electron chi connectivity index (χ3n) is 5.34. The van der Waals surface area contributed by atoms with Gasteiger partial charge in [0.05, 0.1) is 12.5 Å². The molecule has 6 heteroatoms. The fraction of sp³-hybridized carbons (Fsp3) is 0.421. The monoisotopic (exact) mass is 352 g/mol. The fourth-order valence-corrected chi connectivity index (χ4v) is 4.83. The van der Waals surface area contributed by atoms with Crippen LogP contribution in [0.15, 0.2) is 34.2 Å². The van der Waals surface area contributed by atoms with Crippen molar-refractivity contribution in [2.24, 2.45) is 16.6 Å². The van der Waals surface area contributed by atoms with Gasteiger partial charge in [-0.25, -0.2) is 4.99 Å². The quantitative estimate of drug-likeness (QED) is 0.907. The summed E-state index contributed by atoms with van der Waals surface area (Å²) in [6.07, 6.45) is 8.33. The highest BCUT2D eigenvalue weighted by Gasteiger charge is 2.51. The normalized spacial score (nSPS) is 26.6. The number of nitrogens with zero attached hydrogens (tertiary/aromatic N) is 3. The van der Waals surface area contributed by atoms with E-state index in [1.165, 1.54) is 10.5 Å². The van der Waals surface area contributed by atoms with Crippen LogP contribution in [0, 0.1) is 17.2 Å². The molecule has 1 amide bonds. The van der Waals surface area contributed by atoms with Crippen LogP contribution >= 0.6 is 11.3 Å². The second kappa shape index (κ2) is 5.85. The molecule has 0 saturated heterocycles. The standard InChI is InChI=1S/C19H20N4OS/c1-23-17(24)9-19(15-5-6-15,22-18(23)21)16-8-14(11-25-16)13-4-2-3-12(7-13)10-20/h3,7-8,11,15H,2,4-6,9H2,1H3,(H2,21,22)/t19-/m1/s1. The molecule has 0 bridgehead atoms. The Labute approximate surface area is 151 Å². The lowest BCUT2D eigenvalue weighted by Crippen LogP contribution is -2.49. The number of hydrogen-bond donors (Lipinski definition) is 1. The van der Waals surface area contributed by atoms with Gasteiger partial charge in [0.2, 0.25) is 5.91 Å². The Balaban J connectivity index is 1.73. The topological polar surface area (TPSA) is 82.5 Å². The zero-order chi connectivity index (χ0) is 17.6. The van der Waals surface area contributed by atoms with Gasteiger partial charge in [-0.2, -0.15) is 5.26 Å². The van der Waals surface area contributed by atoms with Gasteiger partial charge in [-0.1, -0.05) is 6.08 Å². The minimum atomic E-state index is -0.500. The van der Waals surface area contributed by atoms with Gasteiger partial charge in [0.15, 0.2) is 5.96 Å². The molecular weight excluding hydrogens is 332 g/mol. The van der Waals surface area contributed by atoms with E-state index in [0.29, 0.717) is 18.3 Å². The number of carbonyl (C=O) groups excluding carboxylic acids is 1. The summed E-state index contributed by atoms with van der Waals surface area (Å²) in [6, 6.07) is 4.38. The Morgan fingerprint density at radius 2 is 2.28 bits per heavy atom. The molecule has 2 aliphatic carbocycles. The van der Waals surface area contributed by atoms with E-state index in [1.54, 1.807) is 18.4 Å². The SMILES string of the molecule is CN1C(=O)C[C@](c2cc(C3=CC(C#N)=CCC3)cs2)(C2CC2)N=C1N. The molecule has 0 aromatic carbocycles. The number of allylic oxidation sites excluding steroid dienone is 4. The van der Waals surface area contributed by atoms with Crippen molar-refractivity contribution in [2.75, 3.05) is 7.05 Å². The van der Waals surface area contributed by atoms with E-state index in [2.05, 4.69) is 17.5 Å². The average molecular weight is 352 g/mol. The van der Waals surface area contributed by atoms with E-state index in [0.717, 1.165) is 41.7 Å². The first kappa shape index (κ1) is 16.1. The maximum atomic E-state index is 12.4. The van der Waals surface area contributed by atoms with Gasteiger partial charge in [-0.3, -0.25) is 9.69 Å². The lowest BCUT2D eigenvalue weighted by molar-refractivity contribution is -0.128. The molecule has 1 atom stereocenters. The van der Waals surface area contributed by atoms with Crippen molar-refractivity contribution >= 4 is 28.8 Å². The van der Waals surface area contributed by atoms with Crippen LogP contribution < -0.4 is 5.73 Å². The minimum absolute atomic E-state index is 0.0286. The largest absolute Gasteiger partial charge is 0.369 e. The number of aliphatic imine (C=N–C) groups is 1. The molecule has 4 rings (SSSR count). The van der Waals surface area contributed by atoms with Crippen molar-refractivity contribution < 1.29 is 4.79 Å². The molecule has 25 heavy (non-hydrogen) atoms. The number of rotatable bonds is 3. The molecule has 1 aromatic heterocycles. The highest BCUT2D eigenvalue weighted by molar-refractivity contribution is 7.10. The summed E-state index contributed by atoms with van der Waals surface area (Å²) in [5.74, 6) is 0.732. The molecular formula is C19H20N4OS. The summed E-state index contributed by atoms with van der Waals surface area (Å²) >= 11 is 1.65. The molecule has 5 nitrogen and oxygen atoms in total. The van der Waals surface area contributed by atoms with Crippen molar-refractivity contribution in [3.63, 3.8) is 0 Å². The van der Waals surface area contributed by atoms with Gasteiger partial charge in [0.25, 0.3) is 0 Å². The first-order chi connectivity index (χ1) is 12.0. The summed E-state index contributed by atoms with van der Waals surface area (Å²) < 4.78 is 0. The second-order valence-corrected chi connectivity index (χ2v) is 7.89. The minimum Gasteiger partial charge on any atom is -0.369 e. The first-order valence-electron chi connectivity index (χ1n) is 8.55. The van der Waals surface area contributed by atoms with Crippen LogP contribution in [0.3, 0.4) is 0 Å². The van der Waals surface area contributed by atoms with E-state index in [9.17, 15) is 4.79 Å². The van der Waals surface area contributed by atoms with Crippen LogP contribution in [0.5, 0.6) is 0 Å². The summed E-state index contributed by atoms with van der Waals surface area (Å²) in [6.45, 7) is 0. The van der Waals surface area contributed by atoms with Gasteiger partial charge in [0, 0.05) is 17.5 Å². The molecule has 1 saturated carbocycles. The number of guanidine groups is 1. The van der Waals surface area contributed by atoms with Crippen LogP contribution in [0.25, 0.3) is 5.57 Å². The van der Waals surface area contributed by atoms with E-state index >= 15 is 0 Å². The van der Waals surface area contributed by atoms with E-state index < -0.39 is 5.54 Å². The lowest BCUT2D eigenvalue weighted by atomic mass is 9.85. The molecule has 1 aliphatic heterocycles. The molecule has 0 radical (unpaired) electrons. The Bertz CT molecular complexity index is 868. The smallest absolute Gasteiger partial charge is 0.231 e. The van der Waals surface area contributed by atoms with Crippen molar-refractivity contribution in [3.05, 3.63) is 39.6 Å². The number of carbonyl (C=O) groups is 1. The number of thiophene rings is 1. The van der Waals surface area contributed by atoms with Crippen LogP contribution in [0.2, 0.25) is 0 Å². The Hall–Kier alpha value is -2.39. The van der Waals surface area contributed by atoms with Gasteiger partial charge in [-0.15, -0.1) is 11.3 Å².